The predicted octanol–water partition coefficient (Wildman–Crippen LogP) is 0.661. The molecule has 0 rings (SSSR count). The van der Waals surface area contributed by atoms with Crippen LogP contribution in [-0.2, 0) is 23.5 Å². The van der Waals surface area contributed by atoms with Gasteiger partial charge in [-0.1, -0.05) is 13.2 Å². The maximum Gasteiger partial charge on any atom is 0.307 e. The molecule has 0 aromatic carbocycles. The quantitative estimate of drug-likeness (QED) is 0.122. The number of rotatable bonds is 13. The second-order valence-electron chi connectivity index (χ2n) is 5.38. The van der Waals surface area contributed by atoms with Gasteiger partial charge in [0.1, 0.15) is 6.61 Å². The third-order valence-corrected chi connectivity index (χ3v) is 4.46. The molecule has 0 bridgehead atoms. The summed E-state index contributed by atoms with van der Waals surface area (Å²) in [7, 11) is 3.30. The Balaban J connectivity index is 3.94. The van der Waals surface area contributed by atoms with E-state index in [1.165, 1.54) is 6.92 Å². The van der Waals surface area contributed by atoms with Gasteiger partial charge in [0.2, 0.25) is 0 Å². The van der Waals surface area contributed by atoms with Crippen molar-refractivity contribution >= 4 is 27.3 Å². The number of Topliss-reactive ketones (excluding diaryl/α,β-unsaturated/α-hetero) is 2. The Morgan fingerprint density at radius 1 is 1.17 bits per heavy atom. The molecule has 6 nitrogen and oxygen atoms in total. The number of carbonyl (C=O) groups is 3. The summed E-state index contributed by atoms with van der Waals surface area (Å²) in [6, 6.07) is 1.12. The van der Waals surface area contributed by atoms with E-state index in [0.29, 0.717) is 6.54 Å². The summed E-state index contributed by atoms with van der Waals surface area (Å²) in [4.78, 5) is 36.5. The maximum absolute atomic E-state index is 11.7. The summed E-state index contributed by atoms with van der Waals surface area (Å²) < 4.78 is 10.1. The van der Waals surface area contributed by atoms with Crippen molar-refractivity contribution in [2.45, 2.75) is 25.8 Å². The van der Waals surface area contributed by atoms with Crippen LogP contribution in [-0.4, -0.2) is 66.1 Å². The van der Waals surface area contributed by atoms with E-state index in [1.54, 1.807) is 7.11 Å². The molecular weight excluding hydrogens is 314 g/mol. The number of allylic oxidation sites excluding steroid dienone is 1. The summed E-state index contributed by atoms with van der Waals surface area (Å²) in [5, 5.41) is 0. The van der Waals surface area contributed by atoms with Crippen LogP contribution in [0.4, 0.5) is 0 Å². The van der Waals surface area contributed by atoms with Gasteiger partial charge < -0.3 is 14.1 Å². The number of hydrogen-bond acceptors (Lipinski definition) is 6. The molecule has 130 valence electrons. The lowest BCUT2D eigenvalue weighted by atomic mass is 10.0. The van der Waals surface area contributed by atoms with Crippen molar-refractivity contribution in [1.82, 2.24) is 4.90 Å². The molecule has 0 fully saturated rings. The molecule has 7 heteroatoms. The van der Waals surface area contributed by atoms with Crippen molar-refractivity contribution in [2.75, 3.05) is 33.9 Å². The number of ether oxygens (including phenoxy) is 1. The van der Waals surface area contributed by atoms with Crippen LogP contribution in [0.2, 0.25) is 6.04 Å². The molecule has 0 saturated heterocycles. The number of esters is 1. The Morgan fingerprint density at radius 3 is 2.39 bits per heavy atom. The molecule has 23 heavy (non-hydrogen) atoms. The molecule has 0 aliphatic heterocycles. The van der Waals surface area contributed by atoms with E-state index in [-0.39, 0.29) is 33.9 Å². The minimum absolute atomic E-state index is 0.0522. The van der Waals surface area contributed by atoms with Gasteiger partial charge in [-0.2, -0.15) is 0 Å². The van der Waals surface area contributed by atoms with Crippen LogP contribution in [0.3, 0.4) is 0 Å². The van der Waals surface area contributed by atoms with Gasteiger partial charge >= 0.3 is 5.97 Å². The molecule has 0 saturated carbocycles. The van der Waals surface area contributed by atoms with E-state index in [2.05, 4.69) is 18.1 Å². The lowest BCUT2D eigenvalue weighted by Crippen LogP contribution is -2.24. The zero-order chi connectivity index (χ0) is 17.8. The van der Waals surface area contributed by atoms with Gasteiger partial charge in [0, 0.05) is 19.2 Å². The molecular formula is C16H27NO5Si. The first kappa shape index (κ1) is 21.4. The highest BCUT2D eigenvalue weighted by Crippen LogP contribution is 2.05. The molecule has 0 atom stereocenters. The highest BCUT2D eigenvalue weighted by molar-refractivity contribution is 6.26. The summed E-state index contributed by atoms with van der Waals surface area (Å²) in [5.74, 6) is -1.38. The summed E-state index contributed by atoms with van der Waals surface area (Å²) >= 11 is 0. The minimum atomic E-state index is -0.565. The molecule has 0 aromatic heterocycles. The van der Waals surface area contributed by atoms with E-state index in [0.717, 1.165) is 19.0 Å². The average molecular weight is 341 g/mol. The average Bonchev–Trinajstić information content (AvgIpc) is 2.52. The first-order valence-electron chi connectivity index (χ1n) is 7.55. The Kier molecular flexibility index (Phi) is 11.1. The van der Waals surface area contributed by atoms with Crippen molar-refractivity contribution in [3.63, 3.8) is 0 Å². The smallest absolute Gasteiger partial charge is 0.307 e. The molecule has 0 unspecified atom stereocenters. The highest BCUT2D eigenvalue weighted by Gasteiger charge is 2.16. The number of nitrogens with zero attached hydrogens (tertiary/aromatic N) is 1. The van der Waals surface area contributed by atoms with E-state index in [1.807, 2.05) is 7.05 Å². The zero-order valence-corrected chi connectivity index (χ0v) is 15.8. The van der Waals surface area contributed by atoms with Gasteiger partial charge in [0.25, 0.3) is 0 Å². The largest absolute Gasteiger partial charge is 0.461 e. The molecule has 0 aliphatic carbocycles. The lowest BCUT2D eigenvalue weighted by molar-refractivity contribution is -0.143. The number of ketones is 2. The molecule has 0 aromatic rings. The Bertz CT molecular complexity index is 461. The Hall–Kier alpha value is -1.57. The van der Waals surface area contributed by atoms with Crippen LogP contribution < -0.4 is 0 Å². The molecule has 0 spiro atoms. The van der Waals surface area contributed by atoms with Gasteiger partial charge in [-0.25, -0.2) is 0 Å². The van der Waals surface area contributed by atoms with Crippen LogP contribution in [0, 0.1) is 0 Å². The number of carbonyl (C=O) groups excluding carboxylic acids is 3. The monoisotopic (exact) mass is 341 g/mol. The molecule has 0 radical (unpaired) electrons. The lowest BCUT2D eigenvalue weighted by Gasteiger charge is -2.15. The van der Waals surface area contributed by atoms with Crippen molar-refractivity contribution in [2.24, 2.45) is 0 Å². The topological polar surface area (TPSA) is 72.9 Å². The second-order valence-corrected chi connectivity index (χ2v) is 7.07. The van der Waals surface area contributed by atoms with E-state index in [9.17, 15) is 14.4 Å². The van der Waals surface area contributed by atoms with E-state index in [4.69, 9.17) is 9.16 Å². The summed E-state index contributed by atoms with van der Waals surface area (Å²) in [6.07, 6.45) is 1.30. The third-order valence-electron chi connectivity index (χ3n) is 3.26. The third kappa shape index (κ3) is 9.93. The van der Waals surface area contributed by atoms with E-state index >= 15 is 0 Å². The molecule has 0 N–H and O–H groups in total. The van der Waals surface area contributed by atoms with Crippen molar-refractivity contribution in [1.29, 1.82) is 0 Å². The van der Waals surface area contributed by atoms with Crippen molar-refractivity contribution in [3.05, 3.63) is 24.3 Å². The van der Waals surface area contributed by atoms with Gasteiger partial charge in [-0.15, -0.1) is 0 Å². The van der Waals surface area contributed by atoms with Gasteiger partial charge in [0.05, 0.1) is 12.0 Å². The van der Waals surface area contributed by atoms with Crippen LogP contribution in [0.1, 0.15) is 19.8 Å². The SMILES string of the molecule is C=C(COC(=O)CCN(C)CCC[SiH2]OC)C(=O)C(=C)C(C)=O. The van der Waals surface area contributed by atoms with Gasteiger partial charge in [-0.3, -0.25) is 14.4 Å². The first-order valence-corrected chi connectivity index (χ1v) is 9.12. The highest BCUT2D eigenvalue weighted by atomic mass is 28.2. The van der Waals surface area contributed by atoms with Crippen LogP contribution in [0.15, 0.2) is 24.3 Å². The number of hydrogen-bond donors (Lipinski definition) is 0. The van der Waals surface area contributed by atoms with Crippen LogP contribution in [0.25, 0.3) is 0 Å². The fourth-order valence-electron chi connectivity index (χ4n) is 1.70. The van der Waals surface area contributed by atoms with Gasteiger partial charge in [-0.05, 0) is 33.0 Å². The fourth-order valence-corrected chi connectivity index (χ4v) is 2.42. The predicted molar refractivity (Wildman–Crippen MR) is 92.0 cm³/mol. The first-order chi connectivity index (χ1) is 10.8. The fraction of sp³-hybridized carbons (Fsp3) is 0.562. The summed E-state index contributed by atoms with van der Waals surface area (Å²) in [6.45, 7) is 9.46. The molecule has 0 amide bonds. The van der Waals surface area contributed by atoms with Crippen LogP contribution in [0.5, 0.6) is 0 Å². The molecule has 0 heterocycles. The minimum Gasteiger partial charge on any atom is -0.461 e. The van der Waals surface area contributed by atoms with Gasteiger partial charge in [0.15, 0.2) is 21.3 Å². The van der Waals surface area contributed by atoms with E-state index < -0.39 is 17.5 Å². The van der Waals surface area contributed by atoms with Crippen LogP contribution >= 0.6 is 0 Å². The standard InChI is InChI=1S/C16H27NO5Si/c1-12(16(20)13(2)14(3)18)11-22-15(19)7-9-17(4)8-6-10-23-21-5/h1-2,6-11,23H2,3-5H3. The second kappa shape index (κ2) is 11.9. The summed E-state index contributed by atoms with van der Waals surface area (Å²) in [5.41, 5.74) is -0.0955. The van der Waals surface area contributed by atoms with Crippen molar-refractivity contribution < 1.29 is 23.5 Å². The normalized spacial score (nSPS) is 11.0. The zero-order valence-electron chi connectivity index (χ0n) is 14.4. The Labute approximate surface area is 140 Å². The van der Waals surface area contributed by atoms with Crippen molar-refractivity contribution in [3.8, 4) is 0 Å². The molecule has 0 aliphatic rings. The maximum atomic E-state index is 11.7. The Morgan fingerprint density at radius 2 is 1.83 bits per heavy atom.